The summed E-state index contributed by atoms with van der Waals surface area (Å²) < 4.78 is 0. The maximum atomic E-state index is 11.9. The number of nitrogens with one attached hydrogen (secondary N) is 2. The third-order valence-electron chi connectivity index (χ3n) is 3.38. The van der Waals surface area contributed by atoms with E-state index in [-0.39, 0.29) is 18.4 Å². The predicted octanol–water partition coefficient (Wildman–Crippen LogP) is 1.53. The van der Waals surface area contributed by atoms with Gasteiger partial charge < -0.3 is 15.5 Å². The number of hydrogen-bond acceptors (Lipinski definition) is 3. The maximum absolute atomic E-state index is 11.9. The summed E-state index contributed by atoms with van der Waals surface area (Å²) >= 11 is 0. The highest BCUT2D eigenvalue weighted by Crippen LogP contribution is 2.20. The second kappa shape index (κ2) is 7.45. The lowest BCUT2D eigenvalue weighted by atomic mass is 10.1. The minimum absolute atomic E-state index is 0.0685. The van der Waals surface area contributed by atoms with E-state index in [4.69, 9.17) is 0 Å². The van der Waals surface area contributed by atoms with Crippen molar-refractivity contribution >= 4 is 28.3 Å². The zero-order valence-corrected chi connectivity index (χ0v) is 12.9. The zero-order chi connectivity index (χ0) is 15.9. The Morgan fingerprint density at radius 2 is 1.68 bits per heavy atom. The first-order valence-electron chi connectivity index (χ1n) is 7.27. The zero-order valence-electron chi connectivity index (χ0n) is 12.9. The molecule has 0 fully saturated rings. The molecule has 0 saturated heterocycles. The van der Waals surface area contributed by atoms with Gasteiger partial charge in [-0.3, -0.25) is 9.59 Å². The molecule has 0 aliphatic heterocycles. The molecule has 0 heterocycles. The Bertz CT molecular complexity index is 670. The van der Waals surface area contributed by atoms with E-state index >= 15 is 0 Å². The van der Waals surface area contributed by atoms with Crippen molar-refractivity contribution in [1.82, 2.24) is 10.6 Å². The van der Waals surface area contributed by atoms with E-state index in [0.717, 1.165) is 11.1 Å². The van der Waals surface area contributed by atoms with Crippen LogP contribution in [0, 0.1) is 0 Å². The second-order valence-electron chi connectivity index (χ2n) is 5.22. The van der Waals surface area contributed by atoms with E-state index in [1.54, 1.807) is 0 Å². The molecule has 0 spiro atoms. The number of nitrogens with zero attached hydrogens (tertiary/aromatic N) is 1. The van der Waals surface area contributed by atoms with Gasteiger partial charge in [0.15, 0.2) is 0 Å². The number of hydrogen-bond donors (Lipinski definition) is 2. The van der Waals surface area contributed by atoms with Crippen LogP contribution in [-0.2, 0) is 9.59 Å². The Morgan fingerprint density at radius 1 is 1.00 bits per heavy atom. The lowest BCUT2D eigenvalue weighted by molar-refractivity contribution is -0.121. The Hall–Kier alpha value is -2.56. The molecule has 0 saturated carbocycles. The summed E-state index contributed by atoms with van der Waals surface area (Å²) in [4.78, 5) is 24.5. The molecule has 0 unspecified atom stereocenters. The first kappa shape index (κ1) is 15.8. The molecule has 0 radical (unpaired) electrons. The molecule has 0 aliphatic carbocycles. The van der Waals surface area contributed by atoms with Crippen LogP contribution < -0.4 is 15.5 Å². The molecule has 0 aromatic heterocycles. The minimum Gasteiger partial charge on any atom is -0.365 e. The predicted molar refractivity (Wildman–Crippen MR) is 88.9 cm³/mol. The van der Waals surface area contributed by atoms with Crippen LogP contribution in [0.25, 0.3) is 10.8 Å². The third kappa shape index (κ3) is 4.48. The quantitative estimate of drug-likeness (QED) is 0.795. The maximum Gasteiger partial charge on any atom is 0.239 e. The normalized spacial score (nSPS) is 10.3. The SMILES string of the molecule is CC(=O)NCCNC(=O)CN(C)c1ccc2ccccc2c1. The fourth-order valence-electron chi connectivity index (χ4n) is 2.22. The van der Waals surface area contributed by atoms with Crippen LogP contribution in [0.5, 0.6) is 0 Å². The molecule has 2 aromatic rings. The number of fused-ring (bicyclic) bond motifs is 1. The number of benzene rings is 2. The van der Waals surface area contributed by atoms with Crippen molar-refractivity contribution in [3.8, 4) is 0 Å². The van der Waals surface area contributed by atoms with Crippen LogP contribution in [0.4, 0.5) is 5.69 Å². The van der Waals surface area contributed by atoms with Gasteiger partial charge in [0.05, 0.1) is 6.54 Å². The average Bonchev–Trinajstić information content (AvgIpc) is 2.51. The molecule has 2 rings (SSSR count). The van der Waals surface area contributed by atoms with E-state index in [9.17, 15) is 9.59 Å². The van der Waals surface area contributed by atoms with Crippen LogP contribution in [-0.4, -0.2) is 38.5 Å². The molecule has 0 bridgehead atoms. The van der Waals surface area contributed by atoms with Crippen molar-refractivity contribution in [2.45, 2.75) is 6.92 Å². The number of rotatable bonds is 6. The van der Waals surface area contributed by atoms with Crippen molar-refractivity contribution in [3.05, 3.63) is 42.5 Å². The molecule has 0 aliphatic rings. The van der Waals surface area contributed by atoms with E-state index in [1.807, 2.05) is 30.1 Å². The van der Waals surface area contributed by atoms with Gasteiger partial charge in [0.1, 0.15) is 0 Å². The third-order valence-corrected chi connectivity index (χ3v) is 3.38. The largest absolute Gasteiger partial charge is 0.365 e. The van der Waals surface area contributed by atoms with Gasteiger partial charge in [0.2, 0.25) is 11.8 Å². The van der Waals surface area contributed by atoms with E-state index < -0.39 is 0 Å². The van der Waals surface area contributed by atoms with Gasteiger partial charge in [-0.1, -0.05) is 30.3 Å². The molecule has 2 aromatic carbocycles. The van der Waals surface area contributed by atoms with Crippen LogP contribution in [0.1, 0.15) is 6.92 Å². The molecule has 5 nitrogen and oxygen atoms in total. The van der Waals surface area contributed by atoms with Gasteiger partial charge in [-0.15, -0.1) is 0 Å². The van der Waals surface area contributed by atoms with Crippen molar-refractivity contribution in [3.63, 3.8) is 0 Å². The van der Waals surface area contributed by atoms with Crippen molar-refractivity contribution in [2.75, 3.05) is 31.6 Å². The Balaban J connectivity index is 1.88. The monoisotopic (exact) mass is 299 g/mol. The van der Waals surface area contributed by atoms with Gasteiger partial charge >= 0.3 is 0 Å². The smallest absolute Gasteiger partial charge is 0.239 e. The van der Waals surface area contributed by atoms with Crippen LogP contribution in [0.15, 0.2) is 42.5 Å². The molecule has 0 atom stereocenters. The van der Waals surface area contributed by atoms with Gasteiger partial charge in [0.25, 0.3) is 0 Å². The summed E-state index contributed by atoms with van der Waals surface area (Å²) in [7, 11) is 1.89. The van der Waals surface area contributed by atoms with E-state index in [0.29, 0.717) is 13.1 Å². The number of carbonyl (C=O) groups excluding carboxylic acids is 2. The molecule has 2 amide bonds. The van der Waals surface area contributed by atoms with Crippen molar-refractivity contribution < 1.29 is 9.59 Å². The lowest BCUT2D eigenvalue weighted by Crippen LogP contribution is -2.39. The first-order chi connectivity index (χ1) is 10.6. The van der Waals surface area contributed by atoms with Gasteiger partial charge in [-0.2, -0.15) is 0 Å². The van der Waals surface area contributed by atoms with Gasteiger partial charge in [-0.05, 0) is 22.9 Å². The standard InChI is InChI=1S/C17H21N3O2/c1-13(21)18-9-10-19-17(22)12-20(2)16-8-7-14-5-3-4-6-15(14)11-16/h3-8,11H,9-10,12H2,1-2H3,(H,18,21)(H,19,22). The summed E-state index contributed by atoms with van der Waals surface area (Å²) in [6.45, 7) is 2.61. The van der Waals surface area contributed by atoms with Gasteiger partial charge in [-0.25, -0.2) is 0 Å². The second-order valence-corrected chi connectivity index (χ2v) is 5.22. The molecule has 22 heavy (non-hydrogen) atoms. The lowest BCUT2D eigenvalue weighted by Gasteiger charge is -2.19. The molecule has 2 N–H and O–H groups in total. The summed E-state index contributed by atoms with van der Waals surface area (Å²) in [5.74, 6) is -0.163. The highest BCUT2D eigenvalue weighted by atomic mass is 16.2. The number of amides is 2. The molecule has 5 heteroatoms. The Kier molecular flexibility index (Phi) is 5.36. The summed E-state index contributed by atoms with van der Waals surface area (Å²) in [6.07, 6.45) is 0. The number of likely N-dealkylation sites (N-methyl/N-ethyl adjacent to an activating group) is 1. The number of anilines is 1. The van der Waals surface area contributed by atoms with Crippen LogP contribution in [0.3, 0.4) is 0 Å². The first-order valence-corrected chi connectivity index (χ1v) is 7.27. The Labute approximate surface area is 130 Å². The summed E-state index contributed by atoms with van der Waals surface area (Å²) in [5.41, 5.74) is 0.996. The van der Waals surface area contributed by atoms with Crippen molar-refractivity contribution in [1.29, 1.82) is 0 Å². The minimum atomic E-state index is -0.0949. The fourth-order valence-corrected chi connectivity index (χ4v) is 2.22. The Morgan fingerprint density at radius 3 is 2.41 bits per heavy atom. The average molecular weight is 299 g/mol. The van der Waals surface area contributed by atoms with Crippen LogP contribution in [0.2, 0.25) is 0 Å². The molecular weight excluding hydrogens is 278 g/mol. The van der Waals surface area contributed by atoms with E-state index in [1.165, 1.54) is 12.3 Å². The highest BCUT2D eigenvalue weighted by molar-refractivity contribution is 5.87. The summed E-state index contributed by atoms with van der Waals surface area (Å²) in [6, 6.07) is 14.3. The van der Waals surface area contributed by atoms with Crippen LogP contribution >= 0.6 is 0 Å². The topological polar surface area (TPSA) is 61.4 Å². The van der Waals surface area contributed by atoms with Gasteiger partial charge in [0, 0.05) is 32.7 Å². The van der Waals surface area contributed by atoms with Crippen molar-refractivity contribution in [2.24, 2.45) is 0 Å². The number of carbonyl (C=O) groups is 2. The summed E-state index contributed by atoms with van der Waals surface area (Å²) in [5, 5.41) is 7.75. The fraction of sp³-hybridized carbons (Fsp3) is 0.294. The highest BCUT2D eigenvalue weighted by Gasteiger charge is 2.07. The van der Waals surface area contributed by atoms with E-state index in [2.05, 4.69) is 34.9 Å². The molecular formula is C17H21N3O2. The molecule has 116 valence electrons.